The van der Waals surface area contributed by atoms with E-state index in [9.17, 15) is 22.8 Å². The van der Waals surface area contributed by atoms with Gasteiger partial charge in [-0.1, -0.05) is 17.3 Å². The number of alkyl halides is 3. The highest BCUT2D eigenvalue weighted by atomic mass is 32.1. The molecule has 1 rings (SSSR count). The predicted molar refractivity (Wildman–Crippen MR) is 60.4 cm³/mol. The van der Waals surface area contributed by atoms with Crippen LogP contribution < -0.4 is 5.32 Å². The van der Waals surface area contributed by atoms with Gasteiger partial charge in [-0.3, -0.25) is 5.32 Å². The van der Waals surface area contributed by atoms with E-state index in [1.807, 2.05) is 0 Å². The Bertz CT molecular complexity index is 508. The minimum atomic E-state index is -4.62. The third-order valence-corrected chi connectivity index (χ3v) is 2.63. The van der Waals surface area contributed by atoms with E-state index in [1.165, 1.54) is 0 Å². The monoisotopic (exact) mass is 292 g/mol. The van der Waals surface area contributed by atoms with Crippen LogP contribution in [0.2, 0.25) is 0 Å². The molecular formula is C9H7F3N4O2S. The zero-order chi connectivity index (χ0) is 14.5. The van der Waals surface area contributed by atoms with Crippen LogP contribution >= 0.6 is 11.3 Å². The number of halogens is 3. The van der Waals surface area contributed by atoms with Crippen LogP contribution in [0, 0.1) is 12.3 Å². The van der Waals surface area contributed by atoms with Crippen LogP contribution in [-0.4, -0.2) is 40.5 Å². The second-order valence-corrected chi connectivity index (χ2v) is 4.07. The maximum atomic E-state index is 12.3. The molecule has 0 unspecified atom stereocenters. The van der Waals surface area contributed by atoms with Crippen molar-refractivity contribution < 1.29 is 22.8 Å². The number of terminal acetylenes is 1. The van der Waals surface area contributed by atoms with Crippen molar-refractivity contribution in [1.29, 1.82) is 0 Å². The third kappa shape index (κ3) is 4.22. The molecule has 0 aromatic carbocycles. The van der Waals surface area contributed by atoms with Crippen molar-refractivity contribution in [3.8, 4) is 12.3 Å². The molecule has 1 aromatic heterocycles. The number of carbonyl (C=O) groups is 2. The molecule has 0 radical (unpaired) electrons. The molecule has 0 aliphatic heterocycles. The molecule has 6 nitrogen and oxygen atoms in total. The summed E-state index contributed by atoms with van der Waals surface area (Å²) < 4.78 is 36.8. The van der Waals surface area contributed by atoms with Gasteiger partial charge in [-0.15, -0.1) is 16.6 Å². The predicted octanol–water partition coefficient (Wildman–Crippen LogP) is 1.22. The van der Waals surface area contributed by atoms with Crippen LogP contribution in [0.25, 0.3) is 0 Å². The first kappa shape index (κ1) is 14.9. The zero-order valence-corrected chi connectivity index (χ0v) is 10.1. The minimum absolute atomic E-state index is 0.157. The molecular weight excluding hydrogens is 285 g/mol. The van der Waals surface area contributed by atoms with E-state index >= 15 is 0 Å². The van der Waals surface area contributed by atoms with E-state index in [1.54, 1.807) is 0 Å². The van der Waals surface area contributed by atoms with Crippen molar-refractivity contribution in [2.24, 2.45) is 0 Å². The minimum Gasteiger partial charge on any atom is -0.306 e. The van der Waals surface area contributed by atoms with Gasteiger partial charge in [0, 0.05) is 0 Å². The molecule has 0 saturated carbocycles. The highest BCUT2D eigenvalue weighted by Gasteiger charge is 2.35. The lowest BCUT2D eigenvalue weighted by molar-refractivity contribution is -0.138. The first-order chi connectivity index (χ1) is 8.88. The molecule has 1 aromatic rings. The number of hydrogen-bond donors (Lipinski definition) is 1. The van der Waals surface area contributed by atoms with Crippen LogP contribution in [0.4, 0.5) is 23.1 Å². The van der Waals surface area contributed by atoms with Gasteiger partial charge < -0.3 is 9.69 Å². The van der Waals surface area contributed by atoms with Gasteiger partial charge in [0.15, 0.2) is 0 Å². The molecule has 0 atom stereocenters. The Balaban J connectivity index is 2.73. The molecule has 0 aliphatic carbocycles. The summed E-state index contributed by atoms with van der Waals surface area (Å²) in [5.74, 6) is 2.14. The molecule has 0 bridgehead atoms. The lowest BCUT2D eigenvalue weighted by Gasteiger charge is -2.16. The van der Waals surface area contributed by atoms with Crippen molar-refractivity contribution in [3.63, 3.8) is 0 Å². The Labute approximate surface area is 109 Å². The van der Waals surface area contributed by atoms with Gasteiger partial charge in [0.25, 0.3) is 0 Å². The maximum Gasteiger partial charge on any atom is 0.445 e. The lowest BCUT2D eigenvalue weighted by Crippen LogP contribution is -2.36. The summed E-state index contributed by atoms with van der Waals surface area (Å²) in [5.41, 5.74) is 0. The standard InChI is InChI=1S/C9H7F3N4O2S/c1-2-3-16(4-5-17)8(18)13-7-15-14-6(19-7)9(10,11)12/h1,5H,3-4H2,(H,13,15,18). The maximum absolute atomic E-state index is 12.3. The number of hydrogen-bond acceptors (Lipinski definition) is 5. The van der Waals surface area contributed by atoms with Gasteiger partial charge in [0.05, 0.1) is 13.1 Å². The van der Waals surface area contributed by atoms with Gasteiger partial charge in [-0.2, -0.15) is 13.2 Å². The number of nitrogens with one attached hydrogen (secondary N) is 1. The molecule has 0 fully saturated rings. The van der Waals surface area contributed by atoms with Crippen LogP contribution in [0.15, 0.2) is 0 Å². The second-order valence-electron chi connectivity index (χ2n) is 3.09. The van der Waals surface area contributed by atoms with E-state index in [-0.39, 0.29) is 29.6 Å². The van der Waals surface area contributed by atoms with E-state index < -0.39 is 17.2 Å². The highest BCUT2D eigenvalue weighted by molar-refractivity contribution is 7.15. The fourth-order valence-corrected chi connectivity index (χ4v) is 1.58. The molecule has 0 aliphatic rings. The van der Waals surface area contributed by atoms with Gasteiger partial charge in [0.1, 0.15) is 6.29 Å². The number of urea groups is 1. The number of aldehydes is 1. The summed E-state index contributed by atoms with van der Waals surface area (Å²) >= 11 is 0.176. The van der Waals surface area contributed by atoms with Crippen molar-refractivity contribution in [1.82, 2.24) is 15.1 Å². The number of nitrogens with zero attached hydrogens (tertiary/aromatic N) is 3. The number of amides is 2. The van der Waals surface area contributed by atoms with E-state index in [4.69, 9.17) is 6.42 Å². The van der Waals surface area contributed by atoms with Crippen LogP contribution in [0.1, 0.15) is 5.01 Å². The first-order valence-corrected chi connectivity index (χ1v) is 5.54. The molecule has 0 saturated heterocycles. The lowest BCUT2D eigenvalue weighted by atomic mass is 10.5. The summed E-state index contributed by atoms with van der Waals surface area (Å²) in [6, 6.07) is -0.824. The van der Waals surface area contributed by atoms with E-state index in [2.05, 4.69) is 21.4 Å². The molecule has 102 valence electrons. The van der Waals surface area contributed by atoms with Gasteiger partial charge in [-0.25, -0.2) is 4.79 Å². The van der Waals surface area contributed by atoms with Crippen LogP contribution in [0.3, 0.4) is 0 Å². The summed E-state index contributed by atoms with van der Waals surface area (Å²) in [6.45, 7) is -0.434. The fourth-order valence-electron chi connectivity index (χ4n) is 0.978. The molecule has 10 heteroatoms. The van der Waals surface area contributed by atoms with E-state index in [0.29, 0.717) is 6.29 Å². The van der Waals surface area contributed by atoms with Crippen molar-refractivity contribution in [2.75, 3.05) is 18.4 Å². The smallest absolute Gasteiger partial charge is 0.306 e. The summed E-state index contributed by atoms with van der Waals surface area (Å²) in [4.78, 5) is 22.8. The zero-order valence-electron chi connectivity index (χ0n) is 9.27. The average molecular weight is 292 g/mol. The number of aromatic nitrogens is 2. The Kier molecular flexibility index (Phi) is 4.82. The Morgan fingerprint density at radius 1 is 1.53 bits per heavy atom. The van der Waals surface area contributed by atoms with Crippen LogP contribution in [-0.2, 0) is 11.0 Å². The van der Waals surface area contributed by atoms with Crippen molar-refractivity contribution >= 4 is 28.8 Å². The second kappa shape index (κ2) is 6.14. The largest absolute Gasteiger partial charge is 0.445 e. The SMILES string of the molecule is C#CCN(CC=O)C(=O)Nc1nnc(C(F)(F)F)s1. The summed E-state index contributed by atoms with van der Waals surface area (Å²) in [5, 5.41) is 6.64. The average Bonchev–Trinajstić information content (AvgIpc) is 2.77. The normalized spacial score (nSPS) is 10.6. The Hall–Kier alpha value is -2.15. The van der Waals surface area contributed by atoms with Crippen LogP contribution in [0.5, 0.6) is 0 Å². The number of anilines is 1. The molecule has 0 spiro atoms. The van der Waals surface area contributed by atoms with Crippen molar-refractivity contribution in [3.05, 3.63) is 5.01 Å². The van der Waals surface area contributed by atoms with E-state index in [0.717, 1.165) is 4.90 Å². The highest BCUT2D eigenvalue weighted by Crippen LogP contribution is 2.32. The number of carbonyl (C=O) groups excluding carboxylic acids is 2. The van der Waals surface area contributed by atoms with Gasteiger partial charge >= 0.3 is 12.2 Å². The molecule has 19 heavy (non-hydrogen) atoms. The first-order valence-electron chi connectivity index (χ1n) is 4.72. The molecule has 1 N–H and O–H groups in total. The molecule has 2 amide bonds. The summed E-state index contributed by atoms with van der Waals surface area (Å²) in [7, 11) is 0. The number of rotatable bonds is 4. The molecule has 1 heterocycles. The van der Waals surface area contributed by atoms with Gasteiger partial charge in [0.2, 0.25) is 10.1 Å². The van der Waals surface area contributed by atoms with Crippen molar-refractivity contribution in [2.45, 2.75) is 6.18 Å². The summed E-state index contributed by atoms with van der Waals surface area (Å²) in [6.07, 6.45) is 0.810. The topological polar surface area (TPSA) is 75.2 Å². The third-order valence-electron chi connectivity index (χ3n) is 1.75. The Morgan fingerprint density at radius 3 is 2.68 bits per heavy atom. The van der Waals surface area contributed by atoms with Gasteiger partial charge in [-0.05, 0) is 0 Å². The Morgan fingerprint density at radius 2 is 2.21 bits per heavy atom. The quantitative estimate of drug-likeness (QED) is 0.669. The fraction of sp³-hybridized carbons (Fsp3) is 0.333.